The summed E-state index contributed by atoms with van der Waals surface area (Å²) in [6, 6.07) is -0.138. The summed E-state index contributed by atoms with van der Waals surface area (Å²) < 4.78 is 7.62. The molecule has 3 rings (SSSR count). The van der Waals surface area contributed by atoms with E-state index in [4.69, 9.17) is 15.5 Å². The van der Waals surface area contributed by atoms with Crippen LogP contribution in [0.15, 0.2) is 0 Å². The van der Waals surface area contributed by atoms with Crippen molar-refractivity contribution >= 4 is 22.9 Å². The third kappa shape index (κ3) is 4.46. The summed E-state index contributed by atoms with van der Waals surface area (Å²) in [5.41, 5.74) is 13.7. The molecule has 0 bridgehead atoms. The van der Waals surface area contributed by atoms with Crippen molar-refractivity contribution in [2.24, 2.45) is 0 Å². The molecular formula is C19H31N7O2. The zero-order chi connectivity index (χ0) is 19.9. The number of fused-ring (bicyclic) bond motifs is 3. The second-order valence-electron chi connectivity index (χ2n) is 6.88. The van der Waals surface area contributed by atoms with Crippen molar-refractivity contribution in [2.45, 2.75) is 52.6 Å². The number of nitrogen functional groups attached to an aromatic ring is 1. The van der Waals surface area contributed by atoms with Crippen LogP contribution in [-0.2, 0) is 24.2 Å². The summed E-state index contributed by atoms with van der Waals surface area (Å²) in [6.45, 7) is 6.78. The maximum Gasteiger partial charge on any atom is 0.314 e. The van der Waals surface area contributed by atoms with Gasteiger partial charge >= 0.3 is 6.03 Å². The zero-order valence-electron chi connectivity index (χ0n) is 16.8. The van der Waals surface area contributed by atoms with Gasteiger partial charge < -0.3 is 26.5 Å². The molecular weight excluding hydrogens is 358 g/mol. The number of pyridine rings is 1. The van der Waals surface area contributed by atoms with Crippen LogP contribution in [-0.4, -0.2) is 46.9 Å². The van der Waals surface area contributed by atoms with E-state index in [1.54, 1.807) is 0 Å². The maximum absolute atomic E-state index is 11.5. The average molecular weight is 390 g/mol. The lowest BCUT2D eigenvalue weighted by Crippen LogP contribution is -2.36. The fraction of sp³-hybridized carbons (Fsp3) is 0.632. The van der Waals surface area contributed by atoms with Gasteiger partial charge in [-0.1, -0.05) is 0 Å². The van der Waals surface area contributed by atoms with Gasteiger partial charge in [0.1, 0.15) is 12.1 Å². The van der Waals surface area contributed by atoms with Gasteiger partial charge in [-0.2, -0.15) is 0 Å². The molecule has 2 heterocycles. The monoisotopic (exact) mass is 389 g/mol. The van der Waals surface area contributed by atoms with Gasteiger partial charge in [0.2, 0.25) is 0 Å². The van der Waals surface area contributed by atoms with E-state index < -0.39 is 0 Å². The van der Waals surface area contributed by atoms with Crippen molar-refractivity contribution in [3.63, 3.8) is 0 Å². The van der Waals surface area contributed by atoms with Gasteiger partial charge in [0.25, 0.3) is 0 Å². The molecule has 0 radical (unpaired) electrons. The average Bonchev–Trinajstić information content (AvgIpc) is 3.06. The van der Waals surface area contributed by atoms with Crippen molar-refractivity contribution in [3.05, 3.63) is 17.1 Å². The van der Waals surface area contributed by atoms with E-state index in [-0.39, 0.29) is 6.03 Å². The molecule has 154 valence electrons. The fourth-order valence-electron chi connectivity index (χ4n) is 3.55. The van der Waals surface area contributed by atoms with Crippen molar-refractivity contribution in [2.75, 3.05) is 37.4 Å². The number of rotatable bonds is 9. The Kier molecular flexibility index (Phi) is 6.91. The van der Waals surface area contributed by atoms with E-state index in [9.17, 15) is 4.79 Å². The molecule has 2 aromatic rings. The summed E-state index contributed by atoms with van der Waals surface area (Å²) in [5.74, 6) is 1.27. The molecule has 2 amide bonds. The number of nitrogens with zero attached hydrogens (tertiary/aromatic N) is 3. The van der Waals surface area contributed by atoms with E-state index in [1.165, 1.54) is 5.56 Å². The van der Waals surface area contributed by atoms with Gasteiger partial charge in [-0.05, 0) is 46.0 Å². The maximum atomic E-state index is 11.5. The SMILES string of the molecule is CCNC(=O)NCCCNn1c(COCC)nc2c(N)nc3c(c21)CCCC3. The summed E-state index contributed by atoms with van der Waals surface area (Å²) in [4.78, 5) is 20.8. The number of amides is 2. The molecule has 9 nitrogen and oxygen atoms in total. The standard InChI is InChI=1S/C19H31N7O2/c1-3-21-19(27)22-10-7-11-23-26-15(12-28-4-2)25-16-17(26)13-8-5-6-9-14(13)24-18(16)20/h23H,3-12H2,1-2H3,(H2,20,24)(H2,21,22,27). The van der Waals surface area contributed by atoms with Gasteiger partial charge in [0, 0.05) is 37.5 Å². The van der Waals surface area contributed by atoms with Crippen LogP contribution >= 0.6 is 0 Å². The number of ether oxygens (including phenoxy) is 1. The molecule has 0 spiro atoms. The van der Waals surface area contributed by atoms with Crippen LogP contribution in [0.3, 0.4) is 0 Å². The van der Waals surface area contributed by atoms with E-state index in [1.807, 2.05) is 18.5 Å². The molecule has 5 N–H and O–H groups in total. The van der Waals surface area contributed by atoms with Crippen molar-refractivity contribution in [1.29, 1.82) is 0 Å². The number of aromatic nitrogens is 3. The highest BCUT2D eigenvalue weighted by molar-refractivity contribution is 5.89. The van der Waals surface area contributed by atoms with Crippen LogP contribution in [0.1, 0.15) is 50.2 Å². The van der Waals surface area contributed by atoms with Gasteiger partial charge in [-0.15, -0.1) is 0 Å². The highest BCUT2D eigenvalue weighted by Crippen LogP contribution is 2.31. The molecule has 0 aliphatic heterocycles. The number of anilines is 1. The smallest absolute Gasteiger partial charge is 0.314 e. The Morgan fingerprint density at radius 1 is 1.18 bits per heavy atom. The Morgan fingerprint density at radius 3 is 2.79 bits per heavy atom. The number of aryl methyl sites for hydroxylation is 2. The molecule has 0 unspecified atom stereocenters. The Labute approximate surface area is 165 Å². The Bertz CT molecular complexity index is 818. The lowest BCUT2D eigenvalue weighted by atomic mass is 9.95. The quantitative estimate of drug-likeness (QED) is 0.485. The topological polar surface area (TPSA) is 119 Å². The molecule has 1 aliphatic rings. The highest BCUT2D eigenvalue weighted by Gasteiger charge is 2.22. The van der Waals surface area contributed by atoms with Crippen LogP contribution in [0.2, 0.25) is 0 Å². The van der Waals surface area contributed by atoms with Gasteiger partial charge in [-0.25, -0.2) is 19.4 Å². The predicted octanol–water partition coefficient (Wildman–Crippen LogP) is 1.68. The minimum absolute atomic E-state index is 0.138. The third-order valence-corrected chi connectivity index (χ3v) is 4.85. The number of imidazole rings is 1. The second kappa shape index (κ2) is 9.59. The zero-order valence-corrected chi connectivity index (χ0v) is 16.8. The number of carbonyl (C=O) groups is 1. The van der Waals surface area contributed by atoms with Crippen LogP contribution in [0.25, 0.3) is 11.0 Å². The van der Waals surface area contributed by atoms with Gasteiger partial charge in [0.15, 0.2) is 11.6 Å². The molecule has 0 saturated carbocycles. The summed E-state index contributed by atoms with van der Waals surface area (Å²) in [6.07, 6.45) is 5.02. The molecule has 0 fully saturated rings. The summed E-state index contributed by atoms with van der Waals surface area (Å²) in [5, 5.41) is 5.56. The second-order valence-corrected chi connectivity index (χ2v) is 6.88. The summed E-state index contributed by atoms with van der Waals surface area (Å²) >= 11 is 0. The van der Waals surface area contributed by atoms with Gasteiger partial charge in [0.05, 0.1) is 5.52 Å². The number of carbonyl (C=O) groups excluding carboxylic acids is 1. The third-order valence-electron chi connectivity index (χ3n) is 4.85. The minimum atomic E-state index is -0.138. The van der Waals surface area contributed by atoms with Crippen LogP contribution in [0.5, 0.6) is 0 Å². The molecule has 0 saturated heterocycles. The number of urea groups is 1. The van der Waals surface area contributed by atoms with Crippen LogP contribution in [0.4, 0.5) is 10.6 Å². The normalized spacial score (nSPS) is 13.4. The van der Waals surface area contributed by atoms with E-state index >= 15 is 0 Å². The Hall–Kier alpha value is -2.55. The fourth-order valence-corrected chi connectivity index (χ4v) is 3.55. The molecule has 1 aliphatic carbocycles. The van der Waals surface area contributed by atoms with E-state index in [0.29, 0.717) is 38.7 Å². The molecule has 2 aromatic heterocycles. The Morgan fingerprint density at radius 2 is 2.00 bits per heavy atom. The number of hydrogen-bond donors (Lipinski definition) is 4. The highest BCUT2D eigenvalue weighted by atomic mass is 16.5. The Balaban J connectivity index is 1.80. The van der Waals surface area contributed by atoms with Crippen LogP contribution < -0.4 is 21.8 Å². The first kappa shape index (κ1) is 20.2. The van der Waals surface area contributed by atoms with Crippen molar-refractivity contribution in [1.82, 2.24) is 25.3 Å². The first-order valence-corrected chi connectivity index (χ1v) is 10.2. The van der Waals surface area contributed by atoms with E-state index in [2.05, 4.69) is 21.0 Å². The van der Waals surface area contributed by atoms with Crippen molar-refractivity contribution < 1.29 is 9.53 Å². The van der Waals surface area contributed by atoms with E-state index in [0.717, 1.165) is 54.7 Å². The lowest BCUT2D eigenvalue weighted by molar-refractivity contribution is 0.127. The largest absolute Gasteiger partial charge is 0.382 e. The van der Waals surface area contributed by atoms with Crippen LogP contribution in [0, 0.1) is 0 Å². The number of hydrogen-bond acceptors (Lipinski definition) is 6. The predicted molar refractivity (Wildman–Crippen MR) is 110 cm³/mol. The minimum Gasteiger partial charge on any atom is -0.382 e. The first-order valence-electron chi connectivity index (χ1n) is 10.2. The first-order chi connectivity index (χ1) is 13.7. The molecule has 9 heteroatoms. The summed E-state index contributed by atoms with van der Waals surface area (Å²) in [7, 11) is 0. The van der Waals surface area contributed by atoms with Gasteiger partial charge in [-0.3, -0.25) is 0 Å². The molecule has 0 atom stereocenters. The molecule has 28 heavy (non-hydrogen) atoms. The molecule has 0 aromatic carbocycles. The number of nitrogens with two attached hydrogens (primary N) is 1. The number of nitrogens with one attached hydrogen (secondary N) is 3. The lowest BCUT2D eigenvalue weighted by Gasteiger charge is -2.19. The van der Waals surface area contributed by atoms with Crippen molar-refractivity contribution in [3.8, 4) is 0 Å².